The minimum atomic E-state index is -0.488. The summed E-state index contributed by atoms with van der Waals surface area (Å²) in [6, 6.07) is 0. The van der Waals surface area contributed by atoms with Crippen LogP contribution in [0.2, 0.25) is 0 Å². The van der Waals surface area contributed by atoms with Crippen LogP contribution in [0.3, 0.4) is 0 Å². The highest BCUT2D eigenvalue weighted by Crippen LogP contribution is 1.93. The molecule has 0 radical (unpaired) electrons. The molecule has 0 aliphatic heterocycles. The number of aliphatic hydroxyl groups is 1. The van der Waals surface area contributed by atoms with Crippen molar-refractivity contribution in [3.8, 4) is 0 Å². The van der Waals surface area contributed by atoms with Crippen molar-refractivity contribution >= 4 is 5.91 Å². The van der Waals surface area contributed by atoms with E-state index in [0.717, 1.165) is 0 Å². The first kappa shape index (κ1) is 12.4. The molecule has 0 fully saturated rings. The summed E-state index contributed by atoms with van der Waals surface area (Å²) in [7, 11) is 1.54. The van der Waals surface area contributed by atoms with E-state index in [9.17, 15) is 9.90 Å². The molecule has 4 heteroatoms. The van der Waals surface area contributed by atoms with Crippen molar-refractivity contribution in [1.82, 2.24) is 5.32 Å². The van der Waals surface area contributed by atoms with Gasteiger partial charge in [-0.3, -0.25) is 4.79 Å². The molecule has 0 bridgehead atoms. The fourth-order valence-electron chi connectivity index (χ4n) is 0.842. The Kier molecular flexibility index (Phi) is 6.54. The van der Waals surface area contributed by atoms with Crippen molar-refractivity contribution < 1.29 is 14.6 Å². The van der Waals surface area contributed by atoms with E-state index in [1.165, 1.54) is 7.11 Å². The Morgan fingerprint density at radius 3 is 2.62 bits per heavy atom. The van der Waals surface area contributed by atoms with Gasteiger partial charge >= 0.3 is 0 Å². The molecule has 0 saturated carbocycles. The Bertz CT molecular complexity index is 148. The Morgan fingerprint density at radius 1 is 1.54 bits per heavy atom. The van der Waals surface area contributed by atoms with Crippen LogP contribution in [0.15, 0.2) is 0 Å². The van der Waals surface area contributed by atoms with Gasteiger partial charge in [-0.05, 0) is 6.42 Å². The molecule has 1 atom stereocenters. The van der Waals surface area contributed by atoms with Crippen LogP contribution in [-0.2, 0) is 9.53 Å². The van der Waals surface area contributed by atoms with E-state index in [4.69, 9.17) is 4.74 Å². The summed E-state index contributed by atoms with van der Waals surface area (Å²) >= 11 is 0. The Balaban J connectivity index is 3.39. The maximum absolute atomic E-state index is 11.1. The van der Waals surface area contributed by atoms with Crippen molar-refractivity contribution in [3.05, 3.63) is 0 Å². The molecule has 13 heavy (non-hydrogen) atoms. The molecule has 1 amide bonds. The third-order valence-electron chi connectivity index (χ3n) is 1.66. The SMILES string of the molecule is COCC(O)CCNC(=O)C(C)C. The van der Waals surface area contributed by atoms with E-state index in [2.05, 4.69) is 5.32 Å². The maximum Gasteiger partial charge on any atom is 0.222 e. The van der Waals surface area contributed by atoms with E-state index in [1.807, 2.05) is 13.8 Å². The lowest BCUT2D eigenvalue weighted by Gasteiger charge is -2.11. The van der Waals surface area contributed by atoms with Crippen molar-refractivity contribution in [2.24, 2.45) is 5.92 Å². The highest BCUT2D eigenvalue weighted by molar-refractivity contribution is 5.77. The summed E-state index contributed by atoms with van der Waals surface area (Å²) in [5, 5.41) is 11.9. The molecule has 2 N–H and O–H groups in total. The fraction of sp³-hybridized carbons (Fsp3) is 0.889. The van der Waals surface area contributed by atoms with Crippen LogP contribution < -0.4 is 5.32 Å². The molecule has 78 valence electrons. The standard InChI is InChI=1S/C9H19NO3/c1-7(2)9(12)10-5-4-8(11)6-13-3/h7-8,11H,4-6H2,1-3H3,(H,10,12). The number of rotatable bonds is 6. The van der Waals surface area contributed by atoms with Gasteiger partial charge in [0.25, 0.3) is 0 Å². The summed E-state index contributed by atoms with van der Waals surface area (Å²) in [5.74, 6) is 0.0178. The predicted octanol–water partition coefficient (Wildman–Crippen LogP) is 0.156. The average Bonchev–Trinajstić information content (AvgIpc) is 2.04. The van der Waals surface area contributed by atoms with Crippen LogP contribution in [0.5, 0.6) is 0 Å². The van der Waals surface area contributed by atoms with Gasteiger partial charge < -0.3 is 15.2 Å². The molecule has 0 aromatic rings. The number of carbonyl (C=O) groups excluding carboxylic acids is 1. The van der Waals surface area contributed by atoms with Crippen molar-refractivity contribution in [3.63, 3.8) is 0 Å². The second kappa shape index (κ2) is 6.86. The number of ether oxygens (including phenoxy) is 1. The Labute approximate surface area is 79.3 Å². The lowest BCUT2D eigenvalue weighted by molar-refractivity contribution is -0.124. The van der Waals surface area contributed by atoms with Gasteiger partial charge in [0, 0.05) is 19.6 Å². The molecule has 0 aromatic carbocycles. The lowest BCUT2D eigenvalue weighted by atomic mass is 10.2. The van der Waals surface area contributed by atoms with E-state index in [1.54, 1.807) is 0 Å². The summed E-state index contributed by atoms with van der Waals surface area (Å²) in [6.07, 6.45) is 0.0456. The van der Waals surface area contributed by atoms with E-state index in [0.29, 0.717) is 19.6 Å². The molecule has 4 nitrogen and oxygen atoms in total. The number of nitrogens with one attached hydrogen (secondary N) is 1. The number of amides is 1. The zero-order chi connectivity index (χ0) is 10.3. The summed E-state index contributed by atoms with van der Waals surface area (Å²) < 4.78 is 4.75. The molecular formula is C9H19NO3. The molecular weight excluding hydrogens is 170 g/mol. The number of methoxy groups -OCH3 is 1. The Hall–Kier alpha value is -0.610. The largest absolute Gasteiger partial charge is 0.391 e. The van der Waals surface area contributed by atoms with Gasteiger partial charge in [-0.15, -0.1) is 0 Å². The van der Waals surface area contributed by atoms with Gasteiger partial charge in [-0.2, -0.15) is 0 Å². The van der Waals surface area contributed by atoms with Gasteiger partial charge in [-0.1, -0.05) is 13.8 Å². The number of carbonyl (C=O) groups is 1. The first-order valence-corrected chi connectivity index (χ1v) is 4.52. The summed E-state index contributed by atoms with van der Waals surface area (Å²) in [4.78, 5) is 11.1. The minimum absolute atomic E-state index is 0.000400. The fourth-order valence-corrected chi connectivity index (χ4v) is 0.842. The Morgan fingerprint density at radius 2 is 2.15 bits per heavy atom. The highest BCUT2D eigenvalue weighted by Gasteiger charge is 2.07. The quantitative estimate of drug-likeness (QED) is 0.625. The van der Waals surface area contributed by atoms with Gasteiger partial charge in [-0.25, -0.2) is 0 Å². The number of hydrogen-bond donors (Lipinski definition) is 2. The average molecular weight is 189 g/mol. The van der Waals surface area contributed by atoms with Gasteiger partial charge in [0.2, 0.25) is 5.91 Å². The molecule has 0 heterocycles. The first-order valence-electron chi connectivity index (χ1n) is 4.52. The third-order valence-corrected chi connectivity index (χ3v) is 1.66. The molecule has 0 saturated heterocycles. The topological polar surface area (TPSA) is 58.6 Å². The van der Waals surface area contributed by atoms with Crippen LogP contribution >= 0.6 is 0 Å². The van der Waals surface area contributed by atoms with Gasteiger partial charge in [0.15, 0.2) is 0 Å². The second-order valence-corrected chi connectivity index (χ2v) is 3.34. The zero-order valence-electron chi connectivity index (χ0n) is 8.54. The highest BCUT2D eigenvalue weighted by atomic mass is 16.5. The van der Waals surface area contributed by atoms with Crippen LogP contribution in [0.25, 0.3) is 0 Å². The van der Waals surface area contributed by atoms with E-state index in [-0.39, 0.29) is 11.8 Å². The van der Waals surface area contributed by atoms with Gasteiger partial charge in [0.1, 0.15) is 0 Å². The molecule has 0 spiro atoms. The molecule has 0 aromatic heterocycles. The van der Waals surface area contributed by atoms with E-state index < -0.39 is 6.10 Å². The lowest BCUT2D eigenvalue weighted by Crippen LogP contribution is -2.31. The smallest absolute Gasteiger partial charge is 0.222 e. The summed E-state index contributed by atoms with van der Waals surface area (Å²) in [6.45, 7) is 4.49. The normalized spacial score (nSPS) is 13.0. The van der Waals surface area contributed by atoms with Crippen molar-refractivity contribution in [2.45, 2.75) is 26.4 Å². The summed E-state index contributed by atoms with van der Waals surface area (Å²) in [5.41, 5.74) is 0. The van der Waals surface area contributed by atoms with E-state index >= 15 is 0 Å². The number of aliphatic hydroxyl groups excluding tert-OH is 1. The molecule has 0 aliphatic carbocycles. The first-order chi connectivity index (χ1) is 6.07. The molecule has 0 rings (SSSR count). The molecule has 1 unspecified atom stereocenters. The second-order valence-electron chi connectivity index (χ2n) is 3.34. The van der Waals surface area contributed by atoms with Crippen LogP contribution in [-0.4, -0.2) is 37.4 Å². The minimum Gasteiger partial charge on any atom is -0.391 e. The molecule has 0 aliphatic rings. The number of hydrogen-bond acceptors (Lipinski definition) is 3. The van der Waals surface area contributed by atoms with Crippen LogP contribution in [0.1, 0.15) is 20.3 Å². The van der Waals surface area contributed by atoms with Gasteiger partial charge in [0.05, 0.1) is 12.7 Å². The van der Waals surface area contributed by atoms with Crippen LogP contribution in [0, 0.1) is 5.92 Å². The van der Waals surface area contributed by atoms with Crippen molar-refractivity contribution in [1.29, 1.82) is 0 Å². The monoisotopic (exact) mass is 189 g/mol. The zero-order valence-corrected chi connectivity index (χ0v) is 8.54. The third kappa shape index (κ3) is 6.54. The van der Waals surface area contributed by atoms with Crippen molar-refractivity contribution in [2.75, 3.05) is 20.3 Å². The van der Waals surface area contributed by atoms with Crippen LogP contribution in [0.4, 0.5) is 0 Å². The predicted molar refractivity (Wildman–Crippen MR) is 50.3 cm³/mol. The maximum atomic E-state index is 11.1.